The van der Waals surface area contributed by atoms with E-state index < -0.39 is 0 Å². The summed E-state index contributed by atoms with van der Waals surface area (Å²) >= 11 is 0. The van der Waals surface area contributed by atoms with Gasteiger partial charge in [0.25, 0.3) is 0 Å². The van der Waals surface area contributed by atoms with Crippen molar-refractivity contribution in [1.29, 1.82) is 0 Å². The number of hydrogen-bond acceptors (Lipinski definition) is 2. The topological polar surface area (TPSA) is 35.6 Å². The molecular formula is C23H30FN3O. The lowest BCUT2D eigenvalue weighted by molar-refractivity contribution is 0.148. The third kappa shape index (κ3) is 5.32. The summed E-state index contributed by atoms with van der Waals surface area (Å²) < 4.78 is 13.7. The number of amides is 2. The van der Waals surface area contributed by atoms with Crippen molar-refractivity contribution < 1.29 is 9.18 Å². The minimum absolute atomic E-state index is 0.0581. The summed E-state index contributed by atoms with van der Waals surface area (Å²) in [6.45, 7) is 10.3. The standard InChI is InChI=1S/C23H30FN3O/c1-23(2,3)19-8-10-20(11-9-19)25-22(28)27-16-14-26(15-17-27)13-12-18-6-4-5-7-21(18)24/h4-11H,12-17H2,1-3H3,(H,25,28). The van der Waals surface area contributed by atoms with Crippen molar-refractivity contribution >= 4 is 11.7 Å². The first kappa shape index (κ1) is 20.3. The van der Waals surface area contributed by atoms with Crippen molar-refractivity contribution in [2.75, 3.05) is 38.0 Å². The van der Waals surface area contributed by atoms with Crippen molar-refractivity contribution in [3.8, 4) is 0 Å². The predicted molar refractivity (Wildman–Crippen MR) is 112 cm³/mol. The van der Waals surface area contributed by atoms with Gasteiger partial charge in [0.05, 0.1) is 0 Å². The van der Waals surface area contributed by atoms with Gasteiger partial charge in [-0.2, -0.15) is 0 Å². The summed E-state index contributed by atoms with van der Waals surface area (Å²) in [6.07, 6.45) is 0.693. The van der Waals surface area contributed by atoms with E-state index in [0.29, 0.717) is 19.5 Å². The van der Waals surface area contributed by atoms with Crippen molar-refractivity contribution in [3.05, 3.63) is 65.5 Å². The highest BCUT2D eigenvalue weighted by Gasteiger charge is 2.21. The summed E-state index contributed by atoms with van der Waals surface area (Å²) in [5.41, 5.74) is 2.91. The molecule has 28 heavy (non-hydrogen) atoms. The summed E-state index contributed by atoms with van der Waals surface area (Å²) in [7, 11) is 0. The Morgan fingerprint density at radius 3 is 2.25 bits per heavy atom. The van der Waals surface area contributed by atoms with Crippen LogP contribution in [-0.2, 0) is 11.8 Å². The molecule has 150 valence electrons. The molecule has 0 aliphatic carbocycles. The highest BCUT2D eigenvalue weighted by atomic mass is 19.1. The van der Waals surface area contributed by atoms with E-state index in [4.69, 9.17) is 0 Å². The highest BCUT2D eigenvalue weighted by Crippen LogP contribution is 2.23. The van der Waals surface area contributed by atoms with Gasteiger partial charge in [-0.3, -0.25) is 4.90 Å². The maximum atomic E-state index is 13.7. The minimum Gasteiger partial charge on any atom is -0.322 e. The summed E-state index contributed by atoms with van der Waals surface area (Å²) in [4.78, 5) is 16.7. The van der Waals surface area contributed by atoms with E-state index in [1.54, 1.807) is 6.07 Å². The first-order valence-corrected chi connectivity index (χ1v) is 9.95. The van der Waals surface area contributed by atoms with Crippen molar-refractivity contribution in [3.63, 3.8) is 0 Å². The quantitative estimate of drug-likeness (QED) is 0.843. The number of rotatable bonds is 4. The van der Waals surface area contributed by atoms with Crippen LogP contribution in [0.5, 0.6) is 0 Å². The molecule has 4 nitrogen and oxygen atoms in total. The number of benzene rings is 2. The Bertz CT molecular complexity index is 790. The normalized spacial score (nSPS) is 15.5. The molecule has 2 aromatic rings. The maximum absolute atomic E-state index is 13.7. The van der Waals surface area contributed by atoms with Gasteiger partial charge in [-0.25, -0.2) is 9.18 Å². The smallest absolute Gasteiger partial charge is 0.321 e. The molecular weight excluding hydrogens is 353 g/mol. The molecule has 0 atom stereocenters. The second kappa shape index (κ2) is 8.74. The van der Waals surface area contributed by atoms with Crippen LogP contribution in [-0.4, -0.2) is 48.6 Å². The van der Waals surface area contributed by atoms with Gasteiger partial charge in [0.2, 0.25) is 0 Å². The largest absolute Gasteiger partial charge is 0.322 e. The number of carbonyl (C=O) groups is 1. The zero-order valence-corrected chi connectivity index (χ0v) is 17.0. The zero-order valence-electron chi connectivity index (χ0n) is 17.0. The molecule has 3 rings (SSSR count). The lowest BCUT2D eigenvalue weighted by atomic mass is 9.87. The molecule has 0 aromatic heterocycles. The highest BCUT2D eigenvalue weighted by molar-refractivity contribution is 5.89. The van der Waals surface area contributed by atoms with Crippen LogP contribution in [0.15, 0.2) is 48.5 Å². The van der Waals surface area contributed by atoms with Gasteiger partial charge in [-0.1, -0.05) is 51.1 Å². The van der Waals surface area contributed by atoms with Gasteiger partial charge >= 0.3 is 6.03 Å². The first-order chi connectivity index (χ1) is 13.3. The van der Waals surface area contributed by atoms with Crippen LogP contribution >= 0.6 is 0 Å². The Labute approximate surface area is 167 Å². The number of halogens is 1. The van der Waals surface area contributed by atoms with E-state index in [9.17, 15) is 9.18 Å². The summed E-state index contributed by atoms with van der Waals surface area (Å²) in [5.74, 6) is -0.141. The van der Waals surface area contributed by atoms with Gasteiger partial charge in [0, 0.05) is 38.4 Å². The Hall–Kier alpha value is -2.40. The monoisotopic (exact) mass is 383 g/mol. The summed E-state index contributed by atoms with van der Waals surface area (Å²) in [5, 5.41) is 2.99. The number of carbonyl (C=O) groups excluding carboxylic acids is 1. The molecule has 1 saturated heterocycles. The molecule has 1 N–H and O–H groups in total. The molecule has 0 bridgehead atoms. The van der Waals surface area contributed by atoms with E-state index >= 15 is 0 Å². The first-order valence-electron chi connectivity index (χ1n) is 9.95. The van der Waals surface area contributed by atoms with Crippen LogP contribution in [0.2, 0.25) is 0 Å². The molecule has 0 saturated carbocycles. The molecule has 1 heterocycles. The van der Waals surface area contributed by atoms with Gasteiger partial charge < -0.3 is 10.2 Å². The summed E-state index contributed by atoms with van der Waals surface area (Å²) in [6, 6.07) is 14.9. The van der Waals surface area contributed by atoms with Crippen LogP contribution in [0.4, 0.5) is 14.9 Å². The van der Waals surface area contributed by atoms with Crippen molar-refractivity contribution in [2.45, 2.75) is 32.6 Å². The number of nitrogens with zero attached hydrogens (tertiary/aromatic N) is 2. The van der Waals surface area contributed by atoms with Crippen LogP contribution in [0.3, 0.4) is 0 Å². The van der Waals surface area contributed by atoms with Gasteiger partial charge in [-0.15, -0.1) is 0 Å². The fourth-order valence-corrected chi connectivity index (χ4v) is 3.41. The van der Waals surface area contributed by atoms with Gasteiger partial charge in [0.15, 0.2) is 0 Å². The Morgan fingerprint density at radius 2 is 1.64 bits per heavy atom. The average molecular weight is 384 g/mol. The second-order valence-corrected chi connectivity index (χ2v) is 8.43. The van der Waals surface area contributed by atoms with Gasteiger partial charge in [-0.05, 0) is 41.2 Å². The number of urea groups is 1. The molecule has 2 aromatic carbocycles. The average Bonchev–Trinajstić information content (AvgIpc) is 2.67. The molecule has 2 amide bonds. The molecule has 1 aliphatic heterocycles. The van der Waals surface area contributed by atoms with E-state index in [1.807, 2.05) is 29.2 Å². The minimum atomic E-state index is -0.141. The van der Waals surface area contributed by atoms with Crippen molar-refractivity contribution in [2.24, 2.45) is 0 Å². The number of anilines is 1. The molecule has 1 fully saturated rings. The number of hydrogen-bond donors (Lipinski definition) is 1. The molecule has 1 aliphatic rings. The van der Waals surface area contributed by atoms with Gasteiger partial charge in [0.1, 0.15) is 5.82 Å². The second-order valence-electron chi connectivity index (χ2n) is 8.43. The molecule has 5 heteroatoms. The van der Waals surface area contributed by atoms with Crippen LogP contribution in [0.25, 0.3) is 0 Å². The Kier molecular flexibility index (Phi) is 6.35. The molecule has 0 spiro atoms. The number of piperazine rings is 1. The SMILES string of the molecule is CC(C)(C)c1ccc(NC(=O)N2CCN(CCc3ccccc3F)CC2)cc1. The Balaban J connectivity index is 1.45. The zero-order chi connectivity index (χ0) is 20.1. The fraction of sp³-hybridized carbons (Fsp3) is 0.435. The lowest BCUT2D eigenvalue weighted by Crippen LogP contribution is -2.50. The van der Waals surface area contributed by atoms with E-state index in [0.717, 1.165) is 30.9 Å². The van der Waals surface area contributed by atoms with E-state index in [2.05, 4.69) is 43.1 Å². The third-order valence-electron chi connectivity index (χ3n) is 5.32. The van der Waals surface area contributed by atoms with Crippen LogP contribution in [0, 0.1) is 5.82 Å². The maximum Gasteiger partial charge on any atom is 0.321 e. The third-order valence-corrected chi connectivity index (χ3v) is 5.32. The lowest BCUT2D eigenvalue weighted by Gasteiger charge is -2.34. The molecule has 0 unspecified atom stereocenters. The predicted octanol–water partition coefficient (Wildman–Crippen LogP) is 4.52. The number of nitrogens with one attached hydrogen (secondary N) is 1. The van der Waals surface area contributed by atoms with E-state index in [1.165, 1.54) is 11.6 Å². The molecule has 0 radical (unpaired) electrons. The Morgan fingerprint density at radius 1 is 1.00 bits per heavy atom. The van der Waals surface area contributed by atoms with Crippen molar-refractivity contribution in [1.82, 2.24) is 9.80 Å². The van der Waals surface area contributed by atoms with Crippen LogP contribution in [0.1, 0.15) is 31.9 Å². The van der Waals surface area contributed by atoms with Crippen LogP contribution < -0.4 is 5.32 Å². The fourth-order valence-electron chi connectivity index (χ4n) is 3.41. The van der Waals surface area contributed by atoms with E-state index in [-0.39, 0.29) is 17.3 Å².